The van der Waals surface area contributed by atoms with Crippen molar-refractivity contribution in [2.24, 2.45) is 0 Å². The van der Waals surface area contributed by atoms with Gasteiger partial charge in [0.15, 0.2) is 0 Å². The highest BCUT2D eigenvalue weighted by molar-refractivity contribution is 5.92. The number of aliphatic hydroxyl groups excluding tert-OH is 1. The maximum atomic E-state index is 14.4. The minimum Gasteiger partial charge on any atom is -0.497 e. The lowest BCUT2D eigenvalue weighted by atomic mass is 9.99. The number of hydrogen-bond acceptors (Lipinski definition) is 7. The van der Waals surface area contributed by atoms with Crippen molar-refractivity contribution < 1.29 is 29.0 Å². The van der Waals surface area contributed by atoms with Crippen LogP contribution in [0.5, 0.6) is 11.5 Å². The molecule has 2 saturated heterocycles. The number of methoxy groups -OCH3 is 1. The third-order valence-corrected chi connectivity index (χ3v) is 8.97. The van der Waals surface area contributed by atoms with Gasteiger partial charge in [-0.15, -0.1) is 6.58 Å². The maximum absolute atomic E-state index is 14.4. The summed E-state index contributed by atoms with van der Waals surface area (Å²) in [6, 6.07) is 27.7. The molecule has 49 heavy (non-hydrogen) atoms. The van der Waals surface area contributed by atoms with Gasteiger partial charge in [-0.05, 0) is 51.7 Å². The van der Waals surface area contributed by atoms with Crippen LogP contribution in [-0.2, 0) is 29.1 Å². The van der Waals surface area contributed by atoms with Gasteiger partial charge in [0.25, 0.3) is 0 Å². The summed E-state index contributed by atoms with van der Waals surface area (Å²) in [5.41, 5.74) is 2.75. The quantitative estimate of drug-likeness (QED) is 0.208. The molecule has 4 amide bonds. The Balaban J connectivity index is 1.29. The van der Waals surface area contributed by atoms with Crippen LogP contribution < -0.4 is 14.8 Å². The zero-order valence-electron chi connectivity index (χ0n) is 27.5. The fourth-order valence-corrected chi connectivity index (χ4v) is 6.57. The lowest BCUT2D eigenvalue weighted by Crippen LogP contribution is -2.66. The van der Waals surface area contributed by atoms with E-state index in [0.29, 0.717) is 12.3 Å². The van der Waals surface area contributed by atoms with Crippen LogP contribution in [0.3, 0.4) is 0 Å². The highest BCUT2D eigenvalue weighted by atomic mass is 16.5. The fraction of sp³-hybridized carbons (Fsp3) is 0.289. The van der Waals surface area contributed by atoms with Crippen LogP contribution in [0.4, 0.5) is 4.79 Å². The number of rotatable bonds is 13. The third kappa shape index (κ3) is 7.38. The van der Waals surface area contributed by atoms with Crippen molar-refractivity contribution in [3.05, 3.63) is 120 Å². The number of hydrazine groups is 1. The predicted octanol–water partition coefficient (Wildman–Crippen LogP) is 3.96. The molecule has 0 radical (unpaired) electrons. The van der Waals surface area contributed by atoms with Crippen LogP contribution in [0.25, 0.3) is 10.8 Å². The molecule has 0 aliphatic carbocycles. The first-order valence-electron chi connectivity index (χ1n) is 16.3. The van der Waals surface area contributed by atoms with Crippen LogP contribution in [0.15, 0.2) is 104 Å². The number of nitrogens with one attached hydrogen (secondary N) is 1. The van der Waals surface area contributed by atoms with Gasteiger partial charge >= 0.3 is 6.03 Å². The lowest BCUT2D eigenvalue weighted by molar-refractivity contribution is -0.157. The molecule has 11 heteroatoms. The van der Waals surface area contributed by atoms with Crippen LogP contribution in [0.1, 0.15) is 16.7 Å². The van der Waals surface area contributed by atoms with Crippen molar-refractivity contribution in [1.82, 2.24) is 25.1 Å². The van der Waals surface area contributed by atoms with Gasteiger partial charge < -0.3 is 29.7 Å². The molecule has 2 atom stereocenters. The van der Waals surface area contributed by atoms with Gasteiger partial charge in [0.05, 0.1) is 33.4 Å². The number of carbonyl (C=O) groups is 3. The SMILES string of the molecule is C=CCN(C(=O)NCc1ccc(OC)cc1)N1CC(=O)N2[C@@H](Cc3ccc(OCCO)cc3)C(=O)N(Cc3cccc4ccccc34)C[C@@H]21. The Labute approximate surface area is 285 Å². The summed E-state index contributed by atoms with van der Waals surface area (Å²) in [6.45, 7) is 4.91. The Morgan fingerprint density at radius 3 is 2.43 bits per heavy atom. The number of piperazine rings is 1. The van der Waals surface area contributed by atoms with E-state index in [9.17, 15) is 14.4 Å². The zero-order chi connectivity index (χ0) is 34.3. The Kier molecular flexibility index (Phi) is 10.4. The molecule has 0 spiro atoms. The fourth-order valence-electron chi connectivity index (χ4n) is 6.57. The van der Waals surface area contributed by atoms with E-state index in [1.807, 2.05) is 78.9 Å². The summed E-state index contributed by atoms with van der Waals surface area (Å²) in [4.78, 5) is 45.3. The van der Waals surface area contributed by atoms with Crippen LogP contribution in [-0.4, -0.2) is 94.9 Å². The number of nitrogens with zero attached hydrogens (tertiary/aromatic N) is 4. The molecule has 2 heterocycles. The van der Waals surface area contributed by atoms with Crippen molar-refractivity contribution in [3.63, 3.8) is 0 Å². The summed E-state index contributed by atoms with van der Waals surface area (Å²) in [6.07, 6.45) is 1.33. The van der Waals surface area contributed by atoms with Gasteiger partial charge in [-0.1, -0.05) is 72.8 Å². The number of fused-ring (bicyclic) bond motifs is 2. The van der Waals surface area contributed by atoms with Crippen molar-refractivity contribution in [3.8, 4) is 11.5 Å². The van der Waals surface area contributed by atoms with Crippen molar-refractivity contribution in [2.75, 3.05) is 40.0 Å². The largest absolute Gasteiger partial charge is 0.497 e. The second-order valence-electron chi connectivity index (χ2n) is 12.0. The molecule has 2 fully saturated rings. The van der Waals surface area contributed by atoms with Gasteiger partial charge in [0.1, 0.15) is 30.3 Å². The second-order valence-corrected chi connectivity index (χ2v) is 12.0. The molecule has 4 aromatic rings. The van der Waals surface area contributed by atoms with E-state index >= 15 is 0 Å². The number of aliphatic hydroxyl groups is 1. The molecule has 2 aliphatic rings. The lowest BCUT2D eigenvalue weighted by Gasteiger charge is -2.46. The minimum atomic E-state index is -0.789. The number of carbonyl (C=O) groups excluding carboxylic acids is 3. The first-order chi connectivity index (χ1) is 23.9. The molecule has 0 bridgehead atoms. The Hall–Kier alpha value is -5.39. The molecule has 6 rings (SSSR count). The molecule has 0 unspecified atom stereocenters. The van der Waals surface area contributed by atoms with Gasteiger partial charge in [0.2, 0.25) is 11.8 Å². The number of ether oxygens (including phenoxy) is 2. The Bertz CT molecular complexity index is 1790. The van der Waals surface area contributed by atoms with Gasteiger partial charge in [-0.3, -0.25) is 14.6 Å². The average Bonchev–Trinajstić information content (AvgIpc) is 3.46. The van der Waals surface area contributed by atoms with Crippen molar-refractivity contribution >= 4 is 28.6 Å². The van der Waals surface area contributed by atoms with Crippen LogP contribution >= 0.6 is 0 Å². The molecule has 2 N–H and O–H groups in total. The molecule has 4 aromatic carbocycles. The van der Waals surface area contributed by atoms with E-state index in [-0.39, 0.29) is 63.7 Å². The summed E-state index contributed by atoms with van der Waals surface area (Å²) in [5.74, 6) is 0.944. The molecule has 0 aromatic heterocycles. The second kappa shape index (κ2) is 15.2. The summed E-state index contributed by atoms with van der Waals surface area (Å²) < 4.78 is 10.8. The number of urea groups is 1. The number of amides is 4. The van der Waals surface area contributed by atoms with E-state index in [1.165, 1.54) is 5.01 Å². The summed E-state index contributed by atoms with van der Waals surface area (Å²) >= 11 is 0. The summed E-state index contributed by atoms with van der Waals surface area (Å²) in [7, 11) is 1.60. The first kappa shape index (κ1) is 33.5. The van der Waals surface area contributed by atoms with Crippen LogP contribution in [0, 0.1) is 0 Å². The monoisotopic (exact) mass is 663 g/mol. The van der Waals surface area contributed by atoms with Crippen molar-refractivity contribution in [1.29, 1.82) is 0 Å². The highest BCUT2D eigenvalue weighted by Crippen LogP contribution is 2.31. The minimum absolute atomic E-state index is 0.0612. The van der Waals surface area contributed by atoms with E-state index < -0.39 is 12.2 Å². The smallest absolute Gasteiger partial charge is 0.332 e. The van der Waals surface area contributed by atoms with Gasteiger partial charge in [0, 0.05) is 19.5 Å². The molecule has 11 nitrogen and oxygen atoms in total. The molecular formula is C38H41N5O6. The topological polar surface area (TPSA) is 115 Å². The number of hydrogen-bond donors (Lipinski definition) is 2. The van der Waals surface area contributed by atoms with Gasteiger partial charge in [-0.25, -0.2) is 4.79 Å². The first-order valence-corrected chi connectivity index (χ1v) is 16.3. The standard InChI is InChI=1S/C38H41N5O6/c1-3-19-41(38(47)39-23-28-13-15-31(48-2)16-14-28)42-26-36(45)43-34(22-27-11-17-32(18-12-27)49-21-20-44)37(46)40(25-35(42)43)24-30-9-6-8-29-7-4-5-10-33(29)30/h3-18,34-35,44H,1,19-26H2,2H3,(H,39,47)/t34-,35+/m0/s1. The predicted molar refractivity (Wildman–Crippen MR) is 185 cm³/mol. The highest BCUT2D eigenvalue weighted by Gasteiger charge is 2.52. The zero-order valence-corrected chi connectivity index (χ0v) is 27.5. The number of benzene rings is 4. The third-order valence-electron chi connectivity index (χ3n) is 8.97. The van der Waals surface area contributed by atoms with E-state index in [1.54, 1.807) is 40.1 Å². The summed E-state index contributed by atoms with van der Waals surface area (Å²) in [5, 5.41) is 17.5. The molecule has 0 saturated carbocycles. The normalized spacial score (nSPS) is 17.6. The average molecular weight is 664 g/mol. The molecular weight excluding hydrogens is 622 g/mol. The van der Waals surface area contributed by atoms with Gasteiger partial charge in [-0.2, -0.15) is 5.01 Å². The maximum Gasteiger partial charge on any atom is 0.332 e. The van der Waals surface area contributed by atoms with E-state index in [4.69, 9.17) is 14.6 Å². The van der Waals surface area contributed by atoms with E-state index in [0.717, 1.165) is 33.2 Å². The Morgan fingerprint density at radius 2 is 1.69 bits per heavy atom. The molecule has 254 valence electrons. The van der Waals surface area contributed by atoms with E-state index in [2.05, 4.69) is 11.9 Å². The Morgan fingerprint density at radius 1 is 0.980 bits per heavy atom. The van der Waals surface area contributed by atoms with Crippen molar-refractivity contribution in [2.45, 2.75) is 31.7 Å². The van der Waals surface area contributed by atoms with Crippen LogP contribution in [0.2, 0.25) is 0 Å². The molecule has 2 aliphatic heterocycles.